The molecule has 0 saturated carbocycles. The van der Waals surface area contributed by atoms with E-state index in [1.807, 2.05) is 54.6 Å². The van der Waals surface area contributed by atoms with Gasteiger partial charge in [0.1, 0.15) is 11.2 Å². The third kappa shape index (κ3) is 5.35. The Hall–Kier alpha value is -7.70. The van der Waals surface area contributed by atoms with Crippen LogP contribution in [0.25, 0.3) is 106 Å². The van der Waals surface area contributed by atoms with Crippen molar-refractivity contribution in [2.75, 3.05) is 0 Å². The van der Waals surface area contributed by atoms with Crippen LogP contribution in [0.4, 0.5) is 0 Å². The molecule has 0 spiro atoms. The molecule has 0 saturated heterocycles. The highest BCUT2D eigenvalue weighted by atomic mass is 16.3. The lowest BCUT2D eigenvalue weighted by Gasteiger charge is -2.10. The number of pyridine rings is 2. The first-order chi connectivity index (χ1) is 27.7. The lowest BCUT2D eigenvalue weighted by atomic mass is 10.0. The van der Waals surface area contributed by atoms with Gasteiger partial charge >= 0.3 is 0 Å². The quantitative estimate of drug-likeness (QED) is 0.171. The lowest BCUT2D eigenvalue weighted by Crippen LogP contribution is -1.97. The maximum atomic E-state index is 6.36. The summed E-state index contributed by atoms with van der Waals surface area (Å²) in [4.78, 5) is 19.0. The predicted octanol–water partition coefficient (Wildman–Crippen LogP) is 12.6. The normalized spacial score (nSPS) is 11.6. The zero-order chi connectivity index (χ0) is 37.0. The van der Waals surface area contributed by atoms with E-state index in [0.717, 1.165) is 89.3 Å². The van der Waals surface area contributed by atoms with Crippen molar-refractivity contribution in [3.63, 3.8) is 0 Å². The van der Waals surface area contributed by atoms with Crippen LogP contribution >= 0.6 is 0 Å². The van der Waals surface area contributed by atoms with Crippen molar-refractivity contribution < 1.29 is 4.42 Å². The highest BCUT2D eigenvalue weighted by Crippen LogP contribution is 2.38. The summed E-state index contributed by atoms with van der Waals surface area (Å²) >= 11 is 0. The molecule has 6 aromatic carbocycles. The van der Waals surface area contributed by atoms with Crippen molar-refractivity contribution in [3.8, 4) is 62.1 Å². The van der Waals surface area contributed by atoms with Crippen molar-refractivity contribution in [1.29, 1.82) is 0 Å². The molecule has 0 fully saturated rings. The fourth-order valence-corrected chi connectivity index (χ4v) is 7.87. The Balaban J connectivity index is 0.955. The summed E-state index contributed by atoms with van der Waals surface area (Å²) < 4.78 is 8.71. The molecule has 11 rings (SSSR count). The van der Waals surface area contributed by atoms with Gasteiger partial charge in [0.05, 0.1) is 33.8 Å². The Bertz CT molecular complexity index is 3160. The van der Waals surface area contributed by atoms with Crippen LogP contribution in [-0.2, 0) is 0 Å². The molecule has 11 aromatic rings. The first kappa shape index (κ1) is 31.8. The van der Waals surface area contributed by atoms with Crippen molar-refractivity contribution in [2.45, 2.75) is 0 Å². The molecule has 0 amide bonds. The number of furan rings is 1. The Kier molecular flexibility index (Phi) is 7.38. The molecule has 5 aromatic heterocycles. The van der Waals surface area contributed by atoms with Gasteiger partial charge in [0, 0.05) is 50.8 Å². The molecule has 56 heavy (non-hydrogen) atoms. The van der Waals surface area contributed by atoms with Gasteiger partial charge in [-0.3, -0.25) is 9.97 Å². The van der Waals surface area contributed by atoms with Gasteiger partial charge in [0.15, 0.2) is 5.82 Å². The second kappa shape index (κ2) is 13.0. The summed E-state index contributed by atoms with van der Waals surface area (Å²) in [5.41, 5.74) is 13.7. The van der Waals surface area contributed by atoms with E-state index in [9.17, 15) is 0 Å². The number of hydrogen-bond donors (Lipinski definition) is 0. The number of benzene rings is 6. The van der Waals surface area contributed by atoms with Gasteiger partial charge in [-0.25, -0.2) is 9.97 Å². The van der Waals surface area contributed by atoms with Crippen molar-refractivity contribution >= 4 is 43.7 Å². The molecular weight excluding hydrogens is 687 g/mol. The van der Waals surface area contributed by atoms with Gasteiger partial charge in [0.25, 0.3) is 0 Å². The Labute approximate surface area is 322 Å². The van der Waals surface area contributed by atoms with Crippen molar-refractivity contribution in [1.82, 2.24) is 24.5 Å². The molecule has 0 atom stereocenters. The van der Waals surface area contributed by atoms with Crippen LogP contribution in [-0.4, -0.2) is 24.5 Å². The summed E-state index contributed by atoms with van der Waals surface area (Å²) in [7, 11) is 0. The van der Waals surface area contributed by atoms with E-state index in [1.165, 1.54) is 10.8 Å². The van der Waals surface area contributed by atoms with E-state index in [1.54, 1.807) is 12.4 Å². The summed E-state index contributed by atoms with van der Waals surface area (Å²) in [6.07, 6.45) is 3.56. The van der Waals surface area contributed by atoms with Crippen LogP contribution < -0.4 is 0 Å². The second-order valence-electron chi connectivity index (χ2n) is 13.9. The standard InChI is InChI=1S/C50H31N5O/c1-3-16-46-38(10-1)41-30-35(32-18-20-34(21-19-32)50-53-44(42-14-5-7-28-51-42)31-45(54-50)43-15-6-8-29-52-43)24-27-47(41)55(46)36-25-22-33(23-26-36)37-12-9-13-40-39-11-2-4-17-48(39)56-49(37)40/h1-31H. The van der Waals surface area contributed by atoms with E-state index in [0.29, 0.717) is 5.82 Å². The van der Waals surface area contributed by atoms with Crippen LogP contribution in [0.2, 0.25) is 0 Å². The Morgan fingerprint density at radius 2 is 1.00 bits per heavy atom. The number of nitrogens with zero attached hydrogens (tertiary/aromatic N) is 5. The van der Waals surface area contributed by atoms with Gasteiger partial charge in [-0.05, 0) is 83.4 Å². The van der Waals surface area contributed by atoms with Crippen LogP contribution in [0.3, 0.4) is 0 Å². The van der Waals surface area contributed by atoms with Crippen LogP contribution in [0.15, 0.2) is 193 Å². The number of aromatic nitrogens is 5. The van der Waals surface area contributed by atoms with Crippen LogP contribution in [0.5, 0.6) is 0 Å². The zero-order valence-electron chi connectivity index (χ0n) is 30.0. The fourth-order valence-electron chi connectivity index (χ4n) is 7.87. The molecule has 0 unspecified atom stereocenters. The van der Waals surface area contributed by atoms with Gasteiger partial charge < -0.3 is 8.98 Å². The first-order valence-corrected chi connectivity index (χ1v) is 18.6. The number of rotatable bonds is 6. The molecule has 0 aliphatic carbocycles. The third-order valence-corrected chi connectivity index (χ3v) is 10.6. The van der Waals surface area contributed by atoms with E-state index in [2.05, 4.69) is 136 Å². The number of hydrogen-bond acceptors (Lipinski definition) is 5. The minimum absolute atomic E-state index is 0.624. The minimum atomic E-state index is 0.624. The maximum Gasteiger partial charge on any atom is 0.160 e. The molecule has 0 aliphatic rings. The summed E-state index contributed by atoms with van der Waals surface area (Å²) in [6, 6.07) is 60.9. The maximum absolute atomic E-state index is 6.36. The number of fused-ring (bicyclic) bond motifs is 6. The lowest BCUT2D eigenvalue weighted by molar-refractivity contribution is 0.670. The molecule has 0 bridgehead atoms. The monoisotopic (exact) mass is 717 g/mol. The van der Waals surface area contributed by atoms with Crippen LogP contribution in [0, 0.1) is 0 Å². The minimum Gasteiger partial charge on any atom is -0.455 e. The summed E-state index contributed by atoms with van der Waals surface area (Å²) in [5, 5.41) is 4.67. The van der Waals surface area contributed by atoms with Gasteiger partial charge in [-0.15, -0.1) is 0 Å². The Morgan fingerprint density at radius 3 is 1.73 bits per heavy atom. The van der Waals surface area contributed by atoms with E-state index < -0.39 is 0 Å². The number of para-hydroxylation sites is 3. The topological polar surface area (TPSA) is 69.6 Å². The van der Waals surface area contributed by atoms with Crippen LogP contribution in [0.1, 0.15) is 0 Å². The molecular formula is C50H31N5O. The Morgan fingerprint density at radius 1 is 0.393 bits per heavy atom. The van der Waals surface area contributed by atoms with Gasteiger partial charge in [0.2, 0.25) is 0 Å². The highest BCUT2D eigenvalue weighted by Gasteiger charge is 2.16. The fraction of sp³-hybridized carbons (Fsp3) is 0. The third-order valence-electron chi connectivity index (χ3n) is 10.6. The van der Waals surface area contributed by atoms with E-state index >= 15 is 0 Å². The zero-order valence-corrected chi connectivity index (χ0v) is 30.0. The first-order valence-electron chi connectivity index (χ1n) is 18.6. The molecule has 0 N–H and O–H groups in total. The van der Waals surface area contributed by atoms with Crippen molar-refractivity contribution in [3.05, 3.63) is 188 Å². The highest BCUT2D eigenvalue weighted by molar-refractivity contribution is 6.11. The van der Waals surface area contributed by atoms with E-state index in [-0.39, 0.29) is 0 Å². The second-order valence-corrected chi connectivity index (χ2v) is 13.9. The molecule has 6 heteroatoms. The molecule has 5 heterocycles. The van der Waals surface area contributed by atoms with Gasteiger partial charge in [-0.2, -0.15) is 0 Å². The molecule has 6 nitrogen and oxygen atoms in total. The average Bonchev–Trinajstić information content (AvgIpc) is 3.83. The predicted molar refractivity (Wildman–Crippen MR) is 226 cm³/mol. The molecule has 262 valence electrons. The van der Waals surface area contributed by atoms with Crippen molar-refractivity contribution in [2.24, 2.45) is 0 Å². The smallest absolute Gasteiger partial charge is 0.160 e. The molecule has 0 aliphatic heterocycles. The summed E-state index contributed by atoms with van der Waals surface area (Å²) in [5.74, 6) is 0.624. The summed E-state index contributed by atoms with van der Waals surface area (Å²) in [6.45, 7) is 0. The largest absolute Gasteiger partial charge is 0.455 e. The van der Waals surface area contributed by atoms with E-state index in [4.69, 9.17) is 14.4 Å². The molecule has 0 radical (unpaired) electrons. The SMILES string of the molecule is c1ccc(-c2cc(-c3ccccn3)nc(-c3ccc(-c4ccc5c(c4)c4ccccc4n5-c4ccc(-c5cccc6c5oc5ccccc56)cc4)cc3)n2)nc1. The van der Waals surface area contributed by atoms with Gasteiger partial charge in [-0.1, -0.05) is 109 Å². The average molecular weight is 718 g/mol.